The van der Waals surface area contributed by atoms with E-state index in [0.29, 0.717) is 0 Å². The van der Waals surface area contributed by atoms with Gasteiger partial charge in [0, 0.05) is 33.4 Å². The van der Waals surface area contributed by atoms with Gasteiger partial charge in [0.15, 0.2) is 0 Å². The quantitative estimate of drug-likeness (QED) is 0.203. The van der Waals surface area contributed by atoms with Gasteiger partial charge in [-0.25, -0.2) is 0 Å². The molecule has 206 valence electrons. The second-order valence-corrected chi connectivity index (χ2v) is 11.5. The van der Waals surface area contributed by atoms with Crippen molar-refractivity contribution in [3.05, 3.63) is 170 Å². The van der Waals surface area contributed by atoms with Crippen molar-refractivity contribution in [1.29, 1.82) is 0 Å². The van der Waals surface area contributed by atoms with Gasteiger partial charge < -0.3 is 9.13 Å². The number of rotatable bonds is 4. The van der Waals surface area contributed by atoms with Crippen molar-refractivity contribution >= 4 is 43.5 Å². The predicted octanol–water partition coefficient (Wildman–Crippen LogP) is 11.2. The first-order chi connectivity index (χ1) is 21.8. The normalized spacial score (nSPS) is 11.6. The van der Waals surface area contributed by atoms with Gasteiger partial charge in [-0.1, -0.05) is 109 Å². The van der Waals surface area contributed by atoms with Gasteiger partial charge in [-0.15, -0.1) is 0 Å². The van der Waals surface area contributed by atoms with Crippen molar-refractivity contribution in [2.24, 2.45) is 0 Å². The van der Waals surface area contributed by atoms with Crippen LogP contribution >= 0.6 is 0 Å². The van der Waals surface area contributed by atoms with E-state index < -0.39 is 0 Å². The molecule has 0 bridgehead atoms. The third-order valence-corrected chi connectivity index (χ3v) is 8.96. The van der Waals surface area contributed by atoms with Gasteiger partial charge >= 0.3 is 0 Å². The number of para-hydroxylation sites is 1. The molecule has 0 amide bonds. The van der Waals surface area contributed by atoms with E-state index in [0.717, 1.165) is 5.69 Å². The first-order valence-corrected chi connectivity index (χ1v) is 15.1. The summed E-state index contributed by atoms with van der Waals surface area (Å²) in [5.41, 5.74) is 10.9. The van der Waals surface area contributed by atoms with Crippen LogP contribution in [-0.4, -0.2) is 9.13 Å². The molecule has 44 heavy (non-hydrogen) atoms. The summed E-state index contributed by atoms with van der Waals surface area (Å²) < 4.78 is 4.69. The van der Waals surface area contributed by atoms with Crippen molar-refractivity contribution < 1.29 is 0 Å². The van der Waals surface area contributed by atoms with Gasteiger partial charge in [-0.3, -0.25) is 0 Å². The van der Waals surface area contributed by atoms with Gasteiger partial charge in [0.1, 0.15) is 0 Å². The first-order valence-electron chi connectivity index (χ1n) is 15.1. The molecule has 0 N–H and O–H groups in total. The lowest BCUT2D eigenvalue weighted by molar-refractivity contribution is 1.13. The second-order valence-electron chi connectivity index (χ2n) is 11.5. The molecular weight excluding hydrogens is 532 g/mol. The molecule has 0 atom stereocenters. The Balaban J connectivity index is 1.13. The Bertz CT molecular complexity index is 2470. The van der Waals surface area contributed by atoms with Crippen LogP contribution in [0, 0.1) is 0 Å². The van der Waals surface area contributed by atoms with E-state index in [2.05, 4.69) is 179 Å². The van der Waals surface area contributed by atoms with Crippen molar-refractivity contribution in [3.63, 3.8) is 0 Å². The third-order valence-electron chi connectivity index (χ3n) is 8.96. The van der Waals surface area contributed by atoms with E-state index >= 15 is 0 Å². The number of hydrogen-bond acceptors (Lipinski definition) is 0. The zero-order valence-electron chi connectivity index (χ0n) is 24.1. The molecule has 0 fully saturated rings. The molecule has 7 aromatic carbocycles. The smallest absolute Gasteiger partial charge is 0.0541 e. The van der Waals surface area contributed by atoms with Crippen LogP contribution in [0.5, 0.6) is 0 Å². The Hall–Kier alpha value is -5.86. The predicted molar refractivity (Wildman–Crippen MR) is 186 cm³/mol. The molecule has 9 rings (SSSR count). The molecule has 0 spiro atoms. The van der Waals surface area contributed by atoms with Gasteiger partial charge in [0.05, 0.1) is 22.2 Å². The van der Waals surface area contributed by atoms with Crippen LogP contribution < -0.4 is 0 Å². The standard InChI is InChI=1S/C42H28N2/c1-2-9-29(10-3-1)30-17-21-35(22-18-30)43-26-25-34-27-32(19-23-39(34)43)33-20-24-42-38(28-33)37-14-6-7-15-41(37)44(42)40-16-8-12-31-11-4-5-13-36(31)40/h1-28H. The zero-order valence-corrected chi connectivity index (χ0v) is 24.1. The average Bonchev–Trinajstić information content (AvgIpc) is 3.67. The molecule has 0 saturated carbocycles. The minimum atomic E-state index is 1.16. The topological polar surface area (TPSA) is 9.86 Å². The molecule has 2 heterocycles. The number of aromatic nitrogens is 2. The molecule has 2 heteroatoms. The highest BCUT2D eigenvalue weighted by atomic mass is 15.0. The molecule has 0 aliphatic rings. The van der Waals surface area contributed by atoms with Crippen LogP contribution in [0.25, 0.3) is 77.1 Å². The summed E-state index contributed by atoms with van der Waals surface area (Å²) in [7, 11) is 0. The zero-order chi connectivity index (χ0) is 29.0. The number of nitrogens with zero attached hydrogens (tertiary/aromatic N) is 2. The van der Waals surface area contributed by atoms with Crippen molar-refractivity contribution in [2.45, 2.75) is 0 Å². The number of fused-ring (bicyclic) bond motifs is 5. The number of benzene rings is 7. The van der Waals surface area contributed by atoms with Crippen molar-refractivity contribution in [3.8, 4) is 33.6 Å². The molecule has 0 aliphatic carbocycles. The van der Waals surface area contributed by atoms with Crippen molar-refractivity contribution in [1.82, 2.24) is 9.13 Å². The summed E-state index contributed by atoms with van der Waals surface area (Å²) >= 11 is 0. The maximum Gasteiger partial charge on any atom is 0.0541 e. The molecule has 2 aromatic heterocycles. The van der Waals surface area contributed by atoms with E-state index in [4.69, 9.17) is 0 Å². The van der Waals surface area contributed by atoms with E-state index in [1.807, 2.05) is 0 Å². The molecule has 0 radical (unpaired) electrons. The summed E-state index contributed by atoms with van der Waals surface area (Å²) in [6.07, 6.45) is 2.17. The highest BCUT2D eigenvalue weighted by molar-refractivity contribution is 6.11. The molecular formula is C42H28N2. The van der Waals surface area contributed by atoms with Gasteiger partial charge in [-0.2, -0.15) is 0 Å². The fourth-order valence-corrected chi connectivity index (χ4v) is 6.81. The van der Waals surface area contributed by atoms with E-state index in [1.165, 1.54) is 71.4 Å². The summed E-state index contributed by atoms with van der Waals surface area (Å²) in [6.45, 7) is 0. The average molecular weight is 561 g/mol. The minimum absolute atomic E-state index is 1.16. The third kappa shape index (κ3) is 3.89. The fraction of sp³-hybridized carbons (Fsp3) is 0. The van der Waals surface area contributed by atoms with Crippen LogP contribution in [0.1, 0.15) is 0 Å². The molecule has 0 unspecified atom stereocenters. The van der Waals surface area contributed by atoms with Crippen LogP contribution in [0.2, 0.25) is 0 Å². The van der Waals surface area contributed by atoms with Gasteiger partial charge in [0.2, 0.25) is 0 Å². The monoisotopic (exact) mass is 560 g/mol. The highest BCUT2D eigenvalue weighted by Gasteiger charge is 2.15. The van der Waals surface area contributed by atoms with Crippen molar-refractivity contribution in [2.75, 3.05) is 0 Å². The minimum Gasteiger partial charge on any atom is -0.317 e. The Kier molecular flexibility index (Phi) is 5.54. The Morgan fingerprint density at radius 2 is 0.977 bits per heavy atom. The lowest BCUT2D eigenvalue weighted by Gasteiger charge is -2.12. The molecule has 9 aromatic rings. The summed E-state index contributed by atoms with van der Waals surface area (Å²) in [5, 5.41) is 6.27. The highest BCUT2D eigenvalue weighted by Crippen LogP contribution is 2.37. The molecule has 0 aliphatic heterocycles. The van der Waals surface area contributed by atoms with Crippen LogP contribution in [0.4, 0.5) is 0 Å². The van der Waals surface area contributed by atoms with Crippen LogP contribution in [0.3, 0.4) is 0 Å². The maximum atomic E-state index is 2.42. The largest absolute Gasteiger partial charge is 0.317 e. The lowest BCUT2D eigenvalue weighted by Crippen LogP contribution is -1.95. The maximum absolute atomic E-state index is 2.42. The molecule has 2 nitrogen and oxygen atoms in total. The summed E-state index contributed by atoms with van der Waals surface area (Å²) in [4.78, 5) is 0. The Labute approximate surface area is 255 Å². The molecule has 0 saturated heterocycles. The van der Waals surface area contributed by atoms with Crippen LogP contribution in [0.15, 0.2) is 170 Å². The van der Waals surface area contributed by atoms with Crippen LogP contribution in [-0.2, 0) is 0 Å². The lowest BCUT2D eigenvalue weighted by atomic mass is 10.0. The number of hydrogen-bond donors (Lipinski definition) is 0. The fourth-order valence-electron chi connectivity index (χ4n) is 6.81. The van der Waals surface area contributed by atoms with Gasteiger partial charge in [0.25, 0.3) is 0 Å². The van der Waals surface area contributed by atoms with E-state index in [9.17, 15) is 0 Å². The second kappa shape index (κ2) is 9.86. The van der Waals surface area contributed by atoms with E-state index in [1.54, 1.807) is 0 Å². The Morgan fingerprint density at radius 1 is 0.341 bits per heavy atom. The van der Waals surface area contributed by atoms with Gasteiger partial charge in [-0.05, 0) is 82.2 Å². The summed E-state index contributed by atoms with van der Waals surface area (Å²) in [6, 6.07) is 59.3. The SMILES string of the molecule is c1ccc(-c2ccc(-n3ccc4cc(-c5ccc6c(c5)c5ccccc5n6-c5cccc6ccccc56)ccc43)cc2)cc1. The Morgan fingerprint density at radius 3 is 1.84 bits per heavy atom. The van der Waals surface area contributed by atoms with E-state index in [-0.39, 0.29) is 0 Å². The first kappa shape index (κ1) is 24.7. The summed E-state index contributed by atoms with van der Waals surface area (Å²) in [5.74, 6) is 0.